The lowest BCUT2D eigenvalue weighted by Crippen LogP contribution is -1.78. The second-order valence-electron chi connectivity index (χ2n) is 0.883. The molecule has 0 atom stereocenters. The van der Waals surface area contributed by atoms with E-state index in [-0.39, 0.29) is 5.91 Å². The number of nitrogens with zero attached hydrogens (tertiary/aromatic N) is 2. The van der Waals surface area contributed by atoms with Gasteiger partial charge in [0.2, 0.25) is 0 Å². The Kier molecular flexibility index (Phi) is 2.83. The Morgan fingerprint density at radius 1 is 1.71 bits per heavy atom. The van der Waals surface area contributed by atoms with Crippen LogP contribution in [0.5, 0.6) is 0 Å². The first-order valence-electron chi connectivity index (χ1n) is 1.72. The van der Waals surface area contributed by atoms with Crippen molar-refractivity contribution in [3.8, 4) is 0 Å². The molecule has 0 bridgehead atoms. The summed E-state index contributed by atoms with van der Waals surface area (Å²) < 4.78 is 0. The summed E-state index contributed by atoms with van der Waals surface area (Å²) in [5.41, 5.74) is 0. The van der Waals surface area contributed by atoms with Gasteiger partial charge in [0.15, 0.2) is 0 Å². The van der Waals surface area contributed by atoms with E-state index in [0.717, 1.165) is 0 Å². The van der Waals surface area contributed by atoms with Gasteiger partial charge in [0, 0.05) is 12.2 Å². The summed E-state index contributed by atoms with van der Waals surface area (Å²) in [5, 5.41) is 5.95. The number of hydrogen-bond donors (Lipinski definition) is 0. The molecule has 0 aliphatic rings. The van der Waals surface area contributed by atoms with Crippen LogP contribution in [-0.2, 0) is 9.63 Å². The summed E-state index contributed by atoms with van der Waals surface area (Å²) in [7, 11) is 1.33. The van der Waals surface area contributed by atoms with Gasteiger partial charge in [-0.05, 0) is 0 Å². The van der Waals surface area contributed by atoms with Crippen molar-refractivity contribution in [2.24, 2.45) is 10.4 Å². The van der Waals surface area contributed by atoms with E-state index in [1.807, 2.05) is 0 Å². The summed E-state index contributed by atoms with van der Waals surface area (Å²) in [6, 6.07) is 0. The molecule has 0 aliphatic heterocycles. The van der Waals surface area contributed by atoms with E-state index in [2.05, 4.69) is 15.2 Å². The third-order valence-electron chi connectivity index (χ3n) is 0.263. The SMILES string of the molecule is CON=NC(C)=O. The molecule has 4 nitrogen and oxygen atoms in total. The number of amides is 1. The molecule has 1 amide bonds. The first kappa shape index (κ1) is 6.07. The van der Waals surface area contributed by atoms with E-state index in [1.54, 1.807) is 0 Å². The molecule has 0 N–H and O–H groups in total. The predicted molar refractivity (Wildman–Crippen MR) is 22.5 cm³/mol. The minimum atomic E-state index is -0.359. The molecule has 0 rings (SSSR count). The third kappa shape index (κ3) is 5.07. The number of carbonyl (C=O) groups is 1. The van der Waals surface area contributed by atoms with Gasteiger partial charge in [0.05, 0.1) is 0 Å². The van der Waals surface area contributed by atoms with E-state index in [9.17, 15) is 4.79 Å². The van der Waals surface area contributed by atoms with Gasteiger partial charge in [0.1, 0.15) is 7.11 Å². The van der Waals surface area contributed by atoms with Crippen LogP contribution in [0.3, 0.4) is 0 Å². The molecular formula is C3H6N2O2. The lowest BCUT2D eigenvalue weighted by Gasteiger charge is -1.76. The van der Waals surface area contributed by atoms with Crippen LogP contribution < -0.4 is 0 Å². The van der Waals surface area contributed by atoms with E-state index in [4.69, 9.17) is 0 Å². The van der Waals surface area contributed by atoms with Gasteiger partial charge >= 0.3 is 0 Å². The molecular weight excluding hydrogens is 96.0 g/mol. The standard InChI is InChI=1S/C3H6N2O2/c1-3(6)4-5-7-2/h1-2H3. The molecule has 0 unspecified atom stereocenters. The minimum absolute atomic E-state index is 0.359. The zero-order valence-electron chi connectivity index (χ0n) is 4.21. The monoisotopic (exact) mass is 102 g/mol. The van der Waals surface area contributed by atoms with Crippen LogP contribution in [0, 0.1) is 0 Å². The summed E-state index contributed by atoms with van der Waals surface area (Å²) in [4.78, 5) is 14.0. The predicted octanol–water partition coefficient (Wildman–Crippen LogP) is 0.546. The van der Waals surface area contributed by atoms with Gasteiger partial charge in [-0.3, -0.25) is 4.79 Å². The minimum Gasteiger partial charge on any atom is -0.383 e. The Bertz CT molecular complexity index is 88.9. The number of hydrogen-bond acceptors (Lipinski definition) is 3. The maximum atomic E-state index is 9.86. The molecule has 0 aliphatic carbocycles. The molecule has 0 saturated carbocycles. The van der Waals surface area contributed by atoms with Crippen molar-refractivity contribution >= 4 is 5.91 Å². The van der Waals surface area contributed by atoms with Gasteiger partial charge in [-0.1, -0.05) is 5.11 Å². The first-order valence-corrected chi connectivity index (χ1v) is 1.72. The highest BCUT2D eigenvalue weighted by Crippen LogP contribution is 1.73. The number of rotatable bonds is 1. The van der Waals surface area contributed by atoms with Gasteiger partial charge < -0.3 is 4.84 Å². The summed E-state index contributed by atoms with van der Waals surface area (Å²) in [5.74, 6) is -0.359. The average molecular weight is 102 g/mol. The van der Waals surface area contributed by atoms with Crippen LogP contribution in [0.2, 0.25) is 0 Å². The molecule has 0 fully saturated rings. The van der Waals surface area contributed by atoms with E-state index >= 15 is 0 Å². The first-order chi connectivity index (χ1) is 3.27. The van der Waals surface area contributed by atoms with Crippen LogP contribution >= 0.6 is 0 Å². The molecule has 7 heavy (non-hydrogen) atoms. The highest BCUT2D eigenvalue weighted by Gasteiger charge is 1.79. The smallest absolute Gasteiger partial charge is 0.264 e. The topological polar surface area (TPSA) is 51.0 Å². The van der Waals surface area contributed by atoms with Crippen molar-refractivity contribution in [1.82, 2.24) is 0 Å². The zero-order chi connectivity index (χ0) is 5.70. The van der Waals surface area contributed by atoms with Crippen molar-refractivity contribution in [3.63, 3.8) is 0 Å². The third-order valence-corrected chi connectivity index (χ3v) is 0.263. The molecule has 40 valence electrons. The van der Waals surface area contributed by atoms with Crippen LogP contribution in [0.15, 0.2) is 10.4 Å². The fourth-order valence-corrected chi connectivity index (χ4v) is 0.0983. The van der Waals surface area contributed by atoms with E-state index in [0.29, 0.717) is 0 Å². The van der Waals surface area contributed by atoms with Crippen molar-refractivity contribution in [2.75, 3.05) is 7.11 Å². The van der Waals surface area contributed by atoms with Crippen molar-refractivity contribution in [1.29, 1.82) is 0 Å². The fraction of sp³-hybridized carbons (Fsp3) is 0.667. The lowest BCUT2D eigenvalue weighted by molar-refractivity contribution is -0.116. The molecule has 0 saturated heterocycles. The summed E-state index contributed by atoms with van der Waals surface area (Å²) in [6.45, 7) is 1.29. The lowest BCUT2D eigenvalue weighted by atomic mass is 10.8. The highest BCUT2D eigenvalue weighted by molar-refractivity contribution is 5.72. The van der Waals surface area contributed by atoms with Crippen LogP contribution in [0.1, 0.15) is 6.92 Å². The average Bonchev–Trinajstić information content (AvgIpc) is 1.61. The molecule has 0 aromatic rings. The Labute approximate surface area is 41.1 Å². The van der Waals surface area contributed by atoms with Crippen LogP contribution in [-0.4, -0.2) is 13.0 Å². The van der Waals surface area contributed by atoms with Crippen LogP contribution in [0.25, 0.3) is 0 Å². The van der Waals surface area contributed by atoms with Gasteiger partial charge in [-0.2, -0.15) is 0 Å². The quantitative estimate of drug-likeness (QED) is 0.358. The fourth-order valence-electron chi connectivity index (χ4n) is 0.0983. The van der Waals surface area contributed by atoms with Crippen LogP contribution in [0.4, 0.5) is 0 Å². The highest BCUT2D eigenvalue weighted by atomic mass is 16.6. The number of carbonyl (C=O) groups excluding carboxylic acids is 1. The van der Waals surface area contributed by atoms with E-state index in [1.165, 1.54) is 14.0 Å². The molecule has 4 heteroatoms. The molecule has 0 aromatic heterocycles. The molecule has 0 radical (unpaired) electrons. The molecule has 0 heterocycles. The summed E-state index contributed by atoms with van der Waals surface area (Å²) in [6.07, 6.45) is 0. The Balaban J connectivity index is 3.26. The maximum Gasteiger partial charge on any atom is 0.264 e. The normalized spacial score (nSPS) is 9.43. The summed E-state index contributed by atoms with van der Waals surface area (Å²) >= 11 is 0. The zero-order valence-corrected chi connectivity index (χ0v) is 4.21. The van der Waals surface area contributed by atoms with Gasteiger partial charge in [-0.25, -0.2) is 0 Å². The second-order valence-corrected chi connectivity index (χ2v) is 0.883. The Morgan fingerprint density at radius 2 is 2.29 bits per heavy atom. The largest absolute Gasteiger partial charge is 0.383 e. The van der Waals surface area contributed by atoms with Crippen molar-refractivity contribution in [2.45, 2.75) is 6.92 Å². The van der Waals surface area contributed by atoms with Gasteiger partial charge in [0.25, 0.3) is 5.91 Å². The maximum absolute atomic E-state index is 9.86. The Morgan fingerprint density at radius 3 is 2.43 bits per heavy atom. The van der Waals surface area contributed by atoms with Gasteiger partial charge in [-0.15, -0.1) is 0 Å². The van der Waals surface area contributed by atoms with E-state index < -0.39 is 0 Å². The molecule has 0 aromatic carbocycles. The Hall–Kier alpha value is -0.930. The van der Waals surface area contributed by atoms with Crippen molar-refractivity contribution < 1.29 is 9.63 Å². The molecule has 0 spiro atoms. The second kappa shape index (κ2) is 3.27. The van der Waals surface area contributed by atoms with Crippen molar-refractivity contribution in [3.05, 3.63) is 0 Å².